The van der Waals surface area contributed by atoms with E-state index in [1.165, 1.54) is 0 Å². The Hall–Kier alpha value is -3.04. The Bertz CT molecular complexity index is 1280. The fraction of sp³-hybridized carbons (Fsp3) is 0.531. The van der Waals surface area contributed by atoms with Crippen LogP contribution >= 0.6 is 11.8 Å². The van der Waals surface area contributed by atoms with Crippen molar-refractivity contribution in [2.75, 3.05) is 30.4 Å². The number of benzene rings is 2. The van der Waals surface area contributed by atoms with Crippen LogP contribution in [-0.2, 0) is 14.4 Å². The Morgan fingerprint density at radius 2 is 1.76 bits per heavy atom. The molecule has 9 heteroatoms. The third kappa shape index (κ3) is 5.23. The maximum absolute atomic E-state index is 14.3. The number of thioether (sulfide) groups is 1. The number of carbonyl (C=O) groups is 3. The van der Waals surface area contributed by atoms with E-state index < -0.39 is 22.6 Å². The average molecular weight is 580 g/mol. The first kappa shape index (κ1) is 29.5. The van der Waals surface area contributed by atoms with Crippen molar-refractivity contribution in [3.63, 3.8) is 0 Å². The third-order valence-corrected chi connectivity index (χ3v) is 11.1. The molecule has 41 heavy (non-hydrogen) atoms. The normalized spacial score (nSPS) is 28.1. The Morgan fingerprint density at radius 1 is 1.05 bits per heavy atom. The highest BCUT2D eigenvalue weighted by molar-refractivity contribution is 8.02. The zero-order chi connectivity index (χ0) is 29.3. The predicted molar refractivity (Wildman–Crippen MR) is 162 cm³/mol. The van der Waals surface area contributed by atoms with E-state index >= 15 is 0 Å². The molecule has 3 fully saturated rings. The van der Waals surface area contributed by atoms with Gasteiger partial charge in [-0.15, -0.1) is 11.8 Å². The number of carbonyl (C=O) groups excluding carboxylic acids is 3. The first-order chi connectivity index (χ1) is 19.7. The molecule has 3 N–H and O–H groups in total. The van der Waals surface area contributed by atoms with E-state index in [1.807, 2.05) is 63.2 Å². The summed E-state index contributed by atoms with van der Waals surface area (Å²) in [5.74, 6) is -0.734. The zero-order valence-electron chi connectivity index (χ0n) is 24.3. The summed E-state index contributed by atoms with van der Waals surface area (Å²) in [6.07, 6.45) is 2.88. The van der Waals surface area contributed by atoms with E-state index in [0.29, 0.717) is 31.7 Å². The molecule has 0 aliphatic carbocycles. The van der Waals surface area contributed by atoms with E-state index in [0.717, 1.165) is 35.4 Å². The van der Waals surface area contributed by atoms with Gasteiger partial charge in [0.1, 0.15) is 11.8 Å². The second kappa shape index (κ2) is 12.1. The van der Waals surface area contributed by atoms with Gasteiger partial charge in [0.05, 0.1) is 23.2 Å². The van der Waals surface area contributed by atoms with E-state index in [-0.39, 0.29) is 35.5 Å². The van der Waals surface area contributed by atoms with Crippen LogP contribution in [0.4, 0.5) is 11.4 Å². The number of fused-ring (bicyclic) bond motifs is 1. The van der Waals surface area contributed by atoms with Crippen molar-refractivity contribution in [1.82, 2.24) is 4.90 Å². The molecule has 2 bridgehead atoms. The SMILES string of the molecule is CCOc1ccc(NC(=O)[C@@H]2[C@@H]3CC(C)C4(S3)C(C(=O)Nc3c(C)cccc3C)N(CCCCCO)C(=O)[C@H]24)cc1. The van der Waals surface area contributed by atoms with Gasteiger partial charge in [-0.05, 0) is 87.8 Å². The highest BCUT2D eigenvalue weighted by Gasteiger charge is 2.75. The highest BCUT2D eigenvalue weighted by atomic mass is 32.2. The second-order valence-corrected chi connectivity index (χ2v) is 13.1. The quantitative estimate of drug-likeness (QED) is 0.331. The number of anilines is 2. The summed E-state index contributed by atoms with van der Waals surface area (Å²) in [6.45, 7) is 9.07. The summed E-state index contributed by atoms with van der Waals surface area (Å²) in [4.78, 5) is 44.0. The summed E-state index contributed by atoms with van der Waals surface area (Å²) in [5, 5.41) is 15.5. The summed E-state index contributed by atoms with van der Waals surface area (Å²) >= 11 is 1.68. The Kier molecular flexibility index (Phi) is 8.66. The van der Waals surface area contributed by atoms with Crippen LogP contribution < -0.4 is 15.4 Å². The number of ether oxygens (including phenoxy) is 1. The van der Waals surface area contributed by atoms with Gasteiger partial charge in [0.25, 0.3) is 0 Å². The third-order valence-electron chi connectivity index (χ3n) is 9.02. The number of unbranched alkanes of at least 4 members (excludes halogenated alkanes) is 2. The van der Waals surface area contributed by atoms with Gasteiger partial charge in [-0.3, -0.25) is 14.4 Å². The van der Waals surface area contributed by atoms with Crippen LogP contribution in [0.5, 0.6) is 5.75 Å². The maximum Gasteiger partial charge on any atom is 0.248 e. The van der Waals surface area contributed by atoms with Crippen molar-refractivity contribution in [1.29, 1.82) is 0 Å². The lowest BCUT2D eigenvalue weighted by molar-refractivity contribution is -0.138. The number of aliphatic hydroxyl groups is 1. The largest absolute Gasteiger partial charge is 0.494 e. The van der Waals surface area contributed by atoms with Gasteiger partial charge < -0.3 is 25.4 Å². The van der Waals surface area contributed by atoms with Crippen LogP contribution in [0.25, 0.3) is 0 Å². The molecule has 0 saturated carbocycles. The van der Waals surface area contributed by atoms with Gasteiger partial charge in [0.15, 0.2) is 0 Å². The second-order valence-electron chi connectivity index (χ2n) is 11.6. The van der Waals surface area contributed by atoms with Gasteiger partial charge in [-0.25, -0.2) is 0 Å². The summed E-state index contributed by atoms with van der Waals surface area (Å²) in [6, 6.07) is 12.5. The first-order valence-corrected chi connectivity index (χ1v) is 15.6. The van der Waals surface area contributed by atoms with Gasteiger partial charge in [0, 0.05) is 29.8 Å². The van der Waals surface area contributed by atoms with Gasteiger partial charge in [0.2, 0.25) is 17.7 Å². The molecule has 3 heterocycles. The Balaban J connectivity index is 1.45. The molecule has 220 valence electrons. The van der Waals surface area contributed by atoms with Crippen molar-refractivity contribution in [3.05, 3.63) is 53.6 Å². The average Bonchev–Trinajstić information content (AvgIpc) is 3.53. The number of nitrogens with one attached hydrogen (secondary N) is 2. The molecule has 3 aliphatic heterocycles. The van der Waals surface area contributed by atoms with Crippen molar-refractivity contribution in [3.8, 4) is 5.75 Å². The molecular weight excluding hydrogens is 538 g/mol. The maximum atomic E-state index is 14.3. The number of likely N-dealkylation sites (tertiary alicyclic amines) is 1. The first-order valence-electron chi connectivity index (χ1n) is 14.7. The molecule has 3 aliphatic rings. The highest BCUT2D eigenvalue weighted by Crippen LogP contribution is 2.68. The molecule has 6 atom stereocenters. The van der Waals surface area contributed by atoms with Crippen LogP contribution in [0.3, 0.4) is 0 Å². The smallest absolute Gasteiger partial charge is 0.248 e. The zero-order valence-corrected chi connectivity index (χ0v) is 25.1. The molecule has 2 aromatic carbocycles. The fourth-order valence-electron chi connectivity index (χ4n) is 7.16. The predicted octanol–water partition coefficient (Wildman–Crippen LogP) is 4.78. The van der Waals surface area contributed by atoms with Crippen LogP contribution in [0, 0.1) is 31.6 Å². The van der Waals surface area contributed by atoms with Crippen LogP contribution in [0.1, 0.15) is 50.7 Å². The van der Waals surface area contributed by atoms with E-state index in [4.69, 9.17) is 4.74 Å². The van der Waals surface area contributed by atoms with Gasteiger partial charge in [-0.1, -0.05) is 25.1 Å². The molecule has 5 rings (SSSR count). The number of rotatable bonds is 11. The summed E-state index contributed by atoms with van der Waals surface area (Å²) < 4.78 is 4.84. The van der Waals surface area contributed by atoms with Crippen molar-refractivity contribution < 1.29 is 24.2 Å². The van der Waals surface area contributed by atoms with Gasteiger partial charge >= 0.3 is 0 Å². The van der Waals surface area contributed by atoms with E-state index in [9.17, 15) is 19.5 Å². The number of hydrogen-bond donors (Lipinski definition) is 3. The Morgan fingerprint density at radius 3 is 2.41 bits per heavy atom. The number of aliphatic hydroxyl groups excluding tert-OH is 1. The molecule has 0 aromatic heterocycles. The fourth-order valence-corrected chi connectivity index (χ4v) is 9.58. The van der Waals surface area contributed by atoms with Gasteiger partial charge in [-0.2, -0.15) is 0 Å². The summed E-state index contributed by atoms with van der Waals surface area (Å²) in [7, 11) is 0. The number of hydrogen-bond acceptors (Lipinski definition) is 6. The van der Waals surface area contributed by atoms with E-state index in [2.05, 4.69) is 17.6 Å². The lowest BCUT2D eigenvalue weighted by atomic mass is 9.66. The van der Waals surface area contributed by atoms with Crippen molar-refractivity contribution >= 4 is 40.9 Å². The number of amides is 3. The molecular formula is C32H41N3O5S. The lowest BCUT2D eigenvalue weighted by Gasteiger charge is -2.38. The Labute approximate surface area is 246 Å². The number of para-hydroxylation sites is 1. The van der Waals surface area contributed by atoms with Crippen molar-refractivity contribution in [2.45, 2.75) is 69.4 Å². The molecule has 8 nitrogen and oxygen atoms in total. The van der Waals surface area contributed by atoms with E-state index in [1.54, 1.807) is 16.7 Å². The summed E-state index contributed by atoms with van der Waals surface area (Å²) in [5.41, 5.74) is 3.37. The van der Waals surface area contributed by atoms with Crippen LogP contribution in [0.15, 0.2) is 42.5 Å². The van der Waals surface area contributed by atoms with Crippen molar-refractivity contribution in [2.24, 2.45) is 17.8 Å². The number of aryl methyl sites for hydroxylation is 2. The molecule has 0 radical (unpaired) electrons. The monoisotopic (exact) mass is 579 g/mol. The molecule has 1 spiro atoms. The lowest BCUT2D eigenvalue weighted by Crippen LogP contribution is -2.55. The number of nitrogens with zero attached hydrogens (tertiary/aromatic N) is 1. The molecule has 2 aromatic rings. The minimum absolute atomic E-state index is 0.0336. The molecule has 3 amide bonds. The molecule has 3 unspecified atom stereocenters. The minimum Gasteiger partial charge on any atom is -0.494 e. The minimum atomic E-state index is -0.680. The van der Waals surface area contributed by atoms with Crippen LogP contribution in [-0.4, -0.2) is 63.5 Å². The molecule has 3 saturated heterocycles. The van der Waals surface area contributed by atoms with Crippen LogP contribution in [0.2, 0.25) is 0 Å². The topological polar surface area (TPSA) is 108 Å². The standard InChI is InChI=1S/C32H41N3O5S/c1-5-40-23-14-12-22(13-15-23)33-29(37)25-24-18-21(4)32(41-24)26(25)31(39)35(16-7-6-8-17-36)28(32)30(38)34-27-19(2)10-9-11-20(27)3/h9-15,21,24-26,28,36H,5-8,16-18H2,1-4H3,(H,33,37)(H,34,38)/t21?,24-,25+,26-,28?,32?/m0/s1.